The summed E-state index contributed by atoms with van der Waals surface area (Å²) in [5, 5.41) is 0. The first-order valence-electron chi connectivity index (χ1n) is 9.39. The van der Waals surface area contributed by atoms with Crippen molar-refractivity contribution in [3.63, 3.8) is 0 Å². The van der Waals surface area contributed by atoms with E-state index in [0.717, 1.165) is 32.5 Å². The maximum atomic E-state index is 12.7. The number of hydrogen-bond donors (Lipinski definition) is 0. The molecule has 1 fully saturated rings. The molecule has 0 saturated carbocycles. The fourth-order valence-corrected chi connectivity index (χ4v) is 4.03. The smallest absolute Gasteiger partial charge is 0.304 e. The Kier molecular flexibility index (Phi) is 4.66. The van der Waals surface area contributed by atoms with E-state index in [0.29, 0.717) is 11.2 Å². The topological polar surface area (TPSA) is 60.1 Å². The van der Waals surface area contributed by atoms with Gasteiger partial charge in [-0.05, 0) is 37.5 Å². The minimum atomic E-state index is -0.488. The first-order valence-corrected chi connectivity index (χ1v) is 9.39. The number of aromatic nitrogens is 3. The van der Waals surface area contributed by atoms with Crippen LogP contribution in [0.1, 0.15) is 30.0 Å². The molecule has 1 aliphatic heterocycles. The van der Waals surface area contributed by atoms with Crippen molar-refractivity contribution in [2.45, 2.75) is 32.4 Å². The number of aryl methyl sites for hydroxylation is 2. The van der Waals surface area contributed by atoms with Gasteiger partial charge in [0.15, 0.2) is 5.65 Å². The maximum absolute atomic E-state index is 12.7. The Labute approximate surface area is 157 Å². The summed E-state index contributed by atoms with van der Waals surface area (Å²) in [6, 6.07) is 12.2. The number of fused-ring (bicyclic) bond motifs is 1. The molecule has 3 aromatic rings. The van der Waals surface area contributed by atoms with Crippen LogP contribution < -0.4 is 11.1 Å². The van der Waals surface area contributed by atoms with Crippen LogP contribution in [0.2, 0.25) is 0 Å². The predicted molar refractivity (Wildman–Crippen MR) is 106 cm³/mol. The summed E-state index contributed by atoms with van der Waals surface area (Å²) >= 11 is 0. The van der Waals surface area contributed by atoms with E-state index >= 15 is 0 Å². The summed E-state index contributed by atoms with van der Waals surface area (Å²) in [7, 11) is 1.63. The molecule has 0 aliphatic carbocycles. The van der Waals surface area contributed by atoms with Gasteiger partial charge in [0.2, 0.25) is 0 Å². The van der Waals surface area contributed by atoms with Crippen LogP contribution in [0, 0.1) is 6.92 Å². The van der Waals surface area contributed by atoms with Crippen LogP contribution in [-0.2, 0) is 13.6 Å². The maximum Gasteiger partial charge on any atom is 0.318 e. The normalized spacial score (nSPS) is 16.1. The van der Waals surface area contributed by atoms with E-state index in [1.165, 1.54) is 15.7 Å². The van der Waals surface area contributed by atoms with Gasteiger partial charge >= 0.3 is 11.1 Å². The molecule has 1 saturated heterocycles. The van der Waals surface area contributed by atoms with Gasteiger partial charge in [-0.15, -0.1) is 0 Å². The lowest BCUT2D eigenvalue weighted by Crippen LogP contribution is -2.45. The summed E-state index contributed by atoms with van der Waals surface area (Å²) in [5.41, 5.74) is 2.92. The molecule has 0 radical (unpaired) electrons. The molecule has 0 spiro atoms. The molecular weight excluding hydrogens is 340 g/mol. The number of piperidine rings is 1. The number of likely N-dealkylation sites (tertiary alicyclic amines) is 1. The van der Waals surface area contributed by atoms with Crippen LogP contribution in [-0.4, -0.2) is 32.1 Å². The largest absolute Gasteiger partial charge is 0.318 e. The Bertz CT molecular complexity index is 1090. The molecule has 6 heteroatoms. The molecule has 2 aromatic heterocycles. The van der Waals surface area contributed by atoms with Crippen molar-refractivity contribution >= 4 is 11.2 Å². The molecule has 1 aliphatic rings. The number of pyridine rings is 1. The van der Waals surface area contributed by atoms with Crippen molar-refractivity contribution in [2.24, 2.45) is 7.05 Å². The van der Waals surface area contributed by atoms with Gasteiger partial charge in [-0.2, -0.15) is 0 Å². The van der Waals surface area contributed by atoms with Crippen molar-refractivity contribution in [1.29, 1.82) is 0 Å². The molecule has 0 amide bonds. The first-order chi connectivity index (χ1) is 13.0. The minimum Gasteiger partial charge on any atom is -0.304 e. The van der Waals surface area contributed by atoms with Crippen LogP contribution in [0.15, 0.2) is 52.2 Å². The Hall–Kier alpha value is -2.73. The van der Waals surface area contributed by atoms with E-state index in [-0.39, 0.29) is 6.04 Å². The molecule has 0 atom stereocenters. The summed E-state index contributed by atoms with van der Waals surface area (Å²) in [6.07, 6.45) is 3.35. The highest BCUT2D eigenvalue weighted by atomic mass is 16.2. The van der Waals surface area contributed by atoms with E-state index < -0.39 is 11.1 Å². The zero-order chi connectivity index (χ0) is 19.0. The number of benzene rings is 1. The van der Waals surface area contributed by atoms with Crippen LogP contribution >= 0.6 is 0 Å². The molecule has 140 valence electrons. The highest BCUT2D eigenvalue weighted by Gasteiger charge is 2.24. The Balaban J connectivity index is 1.58. The van der Waals surface area contributed by atoms with Crippen LogP contribution in [0.3, 0.4) is 0 Å². The average Bonchev–Trinajstić information content (AvgIpc) is 2.68. The third-order valence-corrected chi connectivity index (χ3v) is 5.47. The van der Waals surface area contributed by atoms with Gasteiger partial charge in [-0.3, -0.25) is 19.1 Å². The van der Waals surface area contributed by atoms with Crippen molar-refractivity contribution in [3.8, 4) is 0 Å². The Morgan fingerprint density at radius 2 is 1.85 bits per heavy atom. The first kappa shape index (κ1) is 17.7. The van der Waals surface area contributed by atoms with Crippen LogP contribution in [0.4, 0.5) is 0 Å². The third-order valence-electron chi connectivity index (χ3n) is 5.47. The average molecular weight is 364 g/mol. The van der Waals surface area contributed by atoms with E-state index in [2.05, 4.69) is 41.1 Å². The summed E-state index contributed by atoms with van der Waals surface area (Å²) in [6.45, 7) is 4.82. The summed E-state index contributed by atoms with van der Waals surface area (Å²) < 4.78 is 3.02. The molecule has 3 heterocycles. The van der Waals surface area contributed by atoms with E-state index in [1.807, 2.05) is 6.07 Å². The van der Waals surface area contributed by atoms with Crippen LogP contribution in [0.5, 0.6) is 0 Å². The van der Waals surface area contributed by atoms with E-state index in [1.54, 1.807) is 23.9 Å². The lowest BCUT2D eigenvalue weighted by Gasteiger charge is -2.33. The van der Waals surface area contributed by atoms with Crippen molar-refractivity contribution < 1.29 is 0 Å². The second-order valence-electron chi connectivity index (χ2n) is 7.38. The van der Waals surface area contributed by atoms with Gasteiger partial charge < -0.3 is 4.57 Å². The van der Waals surface area contributed by atoms with Gasteiger partial charge in [0.1, 0.15) is 0 Å². The lowest BCUT2D eigenvalue weighted by atomic mass is 10.0. The number of nitrogens with zero attached hydrogens (tertiary/aromatic N) is 4. The zero-order valence-corrected chi connectivity index (χ0v) is 15.8. The van der Waals surface area contributed by atoms with E-state index in [4.69, 9.17) is 0 Å². The summed E-state index contributed by atoms with van der Waals surface area (Å²) in [5.74, 6) is 0. The highest BCUT2D eigenvalue weighted by molar-refractivity contribution is 5.70. The molecule has 27 heavy (non-hydrogen) atoms. The van der Waals surface area contributed by atoms with Gasteiger partial charge in [0.25, 0.3) is 0 Å². The van der Waals surface area contributed by atoms with Crippen molar-refractivity contribution in [3.05, 3.63) is 74.4 Å². The number of hydrogen-bond acceptors (Lipinski definition) is 4. The van der Waals surface area contributed by atoms with Crippen molar-refractivity contribution in [1.82, 2.24) is 19.0 Å². The minimum absolute atomic E-state index is 0.0116. The zero-order valence-electron chi connectivity index (χ0n) is 15.8. The summed E-state index contributed by atoms with van der Waals surface area (Å²) in [4.78, 5) is 31.9. The molecule has 0 bridgehead atoms. The Morgan fingerprint density at radius 1 is 1.07 bits per heavy atom. The molecule has 0 N–H and O–H groups in total. The fourth-order valence-electron chi connectivity index (χ4n) is 4.03. The van der Waals surface area contributed by atoms with Gasteiger partial charge in [-0.25, -0.2) is 4.98 Å². The monoisotopic (exact) mass is 364 g/mol. The third kappa shape index (κ3) is 3.32. The van der Waals surface area contributed by atoms with Gasteiger partial charge in [-0.1, -0.05) is 29.8 Å². The molecular formula is C21H24N4O2. The van der Waals surface area contributed by atoms with Crippen molar-refractivity contribution in [2.75, 3.05) is 13.1 Å². The molecule has 0 unspecified atom stereocenters. The molecule has 4 rings (SSSR count). The highest BCUT2D eigenvalue weighted by Crippen LogP contribution is 2.24. The lowest BCUT2D eigenvalue weighted by molar-refractivity contribution is 0.179. The SMILES string of the molecule is Cc1cccc(CN2CCC(n3c(=O)c(=O)n(C)c4cccnc43)CC2)c1. The standard InChI is InChI=1S/C21H24N4O2/c1-15-5-3-6-16(13-15)14-24-11-8-17(9-12-24)25-19-18(7-4-10-22-19)23(2)20(26)21(25)27/h3-7,10,13,17H,8-9,11-12,14H2,1-2H3. The van der Waals surface area contributed by atoms with Gasteiger partial charge in [0, 0.05) is 38.9 Å². The fraction of sp³-hybridized carbons (Fsp3) is 0.381. The van der Waals surface area contributed by atoms with Crippen LogP contribution in [0.25, 0.3) is 11.2 Å². The van der Waals surface area contributed by atoms with E-state index in [9.17, 15) is 9.59 Å². The second kappa shape index (κ2) is 7.12. The second-order valence-corrected chi connectivity index (χ2v) is 7.38. The predicted octanol–water partition coefficient (Wildman–Crippen LogP) is 2.24. The number of rotatable bonds is 3. The molecule has 1 aromatic carbocycles. The Morgan fingerprint density at radius 3 is 2.59 bits per heavy atom. The van der Waals surface area contributed by atoms with Gasteiger partial charge in [0.05, 0.1) is 5.52 Å². The molecule has 6 nitrogen and oxygen atoms in total. The quantitative estimate of drug-likeness (QED) is 0.669.